The van der Waals surface area contributed by atoms with E-state index in [0.717, 1.165) is 0 Å². The lowest BCUT2D eigenvalue weighted by molar-refractivity contribution is -0.147. The fourth-order valence-corrected chi connectivity index (χ4v) is 11.3. The molecule has 6 N–H and O–H groups in total. The van der Waals surface area contributed by atoms with Gasteiger partial charge in [-0.1, -0.05) is 49.3 Å². The Labute approximate surface area is 381 Å². The zero-order valence-electron chi connectivity index (χ0n) is 37.2. The van der Waals surface area contributed by atoms with E-state index < -0.39 is 95.6 Å². The minimum absolute atomic E-state index is 0.178. The van der Waals surface area contributed by atoms with Crippen molar-refractivity contribution in [3.63, 3.8) is 0 Å². The Bertz CT molecular complexity index is 1690. The molecule has 0 saturated carbocycles. The molecule has 6 fully saturated rings. The normalized spacial score (nSPS) is 29.8. The average Bonchev–Trinajstić information content (AvgIpc) is 4.10. The Morgan fingerprint density at radius 2 is 0.859 bits per heavy atom. The largest absolute Gasteiger partial charge is 0.353 e. The van der Waals surface area contributed by atoms with Crippen molar-refractivity contribution in [2.24, 2.45) is 11.8 Å². The second kappa shape index (κ2) is 22.1. The van der Waals surface area contributed by atoms with Crippen LogP contribution in [-0.4, -0.2) is 178 Å². The van der Waals surface area contributed by atoms with Crippen LogP contribution < -0.4 is 31.9 Å². The number of rotatable bonds is 11. The van der Waals surface area contributed by atoms with Gasteiger partial charge in [0.25, 0.3) is 0 Å². The van der Waals surface area contributed by atoms with Crippen LogP contribution in [0.25, 0.3) is 0 Å². The maximum absolute atomic E-state index is 13.7. The number of nitrogens with one attached hydrogen (secondary N) is 6. The average molecular weight is 933 g/mol. The topological polar surface area (TPSA) is 256 Å². The van der Waals surface area contributed by atoms with Crippen molar-refractivity contribution in [1.29, 1.82) is 0 Å². The first-order valence-corrected chi connectivity index (χ1v) is 25.3. The molecule has 6 aliphatic heterocycles. The molecule has 64 heavy (non-hydrogen) atoms. The van der Waals surface area contributed by atoms with Crippen LogP contribution in [-0.2, 0) is 47.9 Å². The van der Waals surface area contributed by atoms with E-state index in [9.17, 15) is 47.9 Å². The van der Waals surface area contributed by atoms with Crippen molar-refractivity contribution in [1.82, 2.24) is 51.5 Å². The van der Waals surface area contributed by atoms with Crippen LogP contribution >= 0.6 is 21.6 Å². The lowest BCUT2D eigenvalue weighted by Gasteiger charge is -2.31. The van der Waals surface area contributed by atoms with Crippen LogP contribution in [0.2, 0.25) is 0 Å². The molecule has 0 unspecified atom stereocenters. The zero-order chi connectivity index (χ0) is 46.2. The summed E-state index contributed by atoms with van der Waals surface area (Å²) in [5.41, 5.74) is 0. The molecule has 10 amide bonds. The van der Waals surface area contributed by atoms with Crippen LogP contribution in [0.3, 0.4) is 0 Å². The summed E-state index contributed by atoms with van der Waals surface area (Å²) < 4.78 is 0. The molecule has 0 aliphatic carbocycles. The van der Waals surface area contributed by atoms with E-state index >= 15 is 0 Å². The first-order chi connectivity index (χ1) is 30.6. The third kappa shape index (κ3) is 11.4. The molecule has 0 bridgehead atoms. The van der Waals surface area contributed by atoms with Gasteiger partial charge in [-0.2, -0.15) is 0 Å². The zero-order valence-corrected chi connectivity index (χ0v) is 38.8. The smallest absolute Gasteiger partial charge is 0.246 e. The number of nitrogens with zero attached hydrogens (tertiary/aromatic N) is 4. The van der Waals surface area contributed by atoms with E-state index in [4.69, 9.17) is 0 Å². The van der Waals surface area contributed by atoms with Gasteiger partial charge in [-0.05, 0) is 63.2 Å². The number of amides is 10. The molecule has 0 aromatic heterocycles. The number of hydrogen-bond donors (Lipinski definition) is 6. The molecule has 20 nitrogen and oxygen atoms in total. The minimum atomic E-state index is -1.25. The first kappa shape index (κ1) is 48.8. The van der Waals surface area contributed by atoms with Gasteiger partial charge in [-0.3, -0.25) is 47.9 Å². The third-order valence-electron chi connectivity index (χ3n) is 13.0. The van der Waals surface area contributed by atoms with Crippen molar-refractivity contribution in [2.75, 3.05) is 50.8 Å². The molecule has 22 heteroatoms. The van der Waals surface area contributed by atoms with Gasteiger partial charge in [0.1, 0.15) is 48.3 Å². The van der Waals surface area contributed by atoms with Crippen molar-refractivity contribution >= 4 is 80.7 Å². The second-order valence-electron chi connectivity index (χ2n) is 18.1. The SMILES string of the molecule is CC(C)[C@@H]1NC(=O)[C@H]2CCCN2C(=O)[C@@H]2CCCN2C(=O)C[C@@H](C(=O)NCCSSCCNC(=O)[C@@H]2CC(=O)N3CCC[C@H]3C(=O)N3CCC[C@@H]3C(=O)N[C@@H](C(C)C)C(=O)N2)NC1=O. The quantitative estimate of drug-likeness (QED) is 0.104. The van der Waals surface area contributed by atoms with Gasteiger partial charge >= 0.3 is 0 Å². The molecule has 0 aromatic carbocycles. The van der Waals surface area contributed by atoms with E-state index in [1.807, 2.05) is 0 Å². The van der Waals surface area contributed by atoms with Gasteiger partial charge in [0.15, 0.2) is 0 Å². The summed E-state index contributed by atoms with van der Waals surface area (Å²) in [6.07, 6.45) is 3.55. The molecule has 8 atom stereocenters. The van der Waals surface area contributed by atoms with Gasteiger partial charge in [0, 0.05) is 50.8 Å². The number of carbonyl (C=O) groups excluding carboxylic acids is 10. The molecule has 6 heterocycles. The maximum atomic E-state index is 13.7. The lowest BCUT2D eigenvalue weighted by Crippen LogP contribution is -2.58. The molecule has 6 aliphatic rings. The molecule has 0 spiro atoms. The first-order valence-electron chi connectivity index (χ1n) is 22.8. The predicted octanol–water partition coefficient (Wildman–Crippen LogP) is -1.38. The molecule has 6 rings (SSSR count). The van der Waals surface area contributed by atoms with Gasteiger partial charge in [-0.25, -0.2) is 0 Å². The van der Waals surface area contributed by atoms with Gasteiger partial charge < -0.3 is 51.5 Å². The van der Waals surface area contributed by atoms with E-state index in [-0.39, 0.29) is 49.6 Å². The van der Waals surface area contributed by atoms with Crippen molar-refractivity contribution in [2.45, 2.75) is 140 Å². The Kier molecular flexibility index (Phi) is 16.8. The van der Waals surface area contributed by atoms with Crippen LogP contribution in [0.15, 0.2) is 0 Å². The highest BCUT2D eigenvalue weighted by molar-refractivity contribution is 8.76. The van der Waals surface area contributed by atoms with Crippen LogP contribution in [0.5, 0.6) is 0 Å². The summed E-state index contributed by atoms with van der Waals surface area (Å²) >= 11 is 0. The number of hydrogen-bond acceptors (Lipinski definition) is 12. The van der Waals surface area contributed by atoms with E-state index in [1.165, 1.54) is 41.2 Å². The monoisotopic (exact) mass is 932 g/mol. The lowest BCUT2D eigenvalue weighted by atomic mass is 10.0. The summed E-state index contributed by atoms with van der Waals surface area (Å²) in [6, 6.07) is -7.47. The minimum Gasteiger partial charge on any atom is -0.353 e. The Morgan fingerprint density at radius 1 is 0.516 bits per heavy atom. The molecule has 0 radical (unpaired) electrons. The number of carbonyl (C=O) groups is 10. The van der Waals surface area contributed by atoms with Crippen LogP contribution in [0.4, 0.5) is 0 Å². The summed E-state index contributed by atoms with van der Waals surface area (Å²) in [6.45, 7) is 8.84. The standard InChI is InChI=1S/C42H64N10O10S2/c1-23(2)33-39(59)45-25(21-31(53)49-15-7-11-29(49)41(61)51-17-5-9-27(51)37(57)47-33)35(55)43-13-19-63-64-20-14-44-36(56)26-22-32(54)50-16-8-12-30(50)42(62)52-18-6-10-28(52)38(58)48-34(24(3)4)40(60)46-26/h23-30,33-34H,5-22H2,1-4H3,(H,43,55)(H,44,56)(H,45,59)(H,46,60)(H,47,57)(H,48,58)/t25-,26-,27+,28+,29-,30-,33-,34-/m0/s1. The van der Waals surface area contributed by atoms with Gasteiger partial charge in [0.2, 0.25) is 59.1 Å². The van der Waals surface area contributed by atoms with E-state index in [1.54, 1.807) is 27.7 Å². The second-order valence-corrected chi connectivity index (χ2v) is 20.8. The summed E-state index contributed by atoms with van der Waals surface area (Å²) in [7, 11) is 2.82. The summed E-state index contributed by atoms with van der Waals surface area (Å²) in [4.78, 5) is 142. The summed E-state index contributed by atoms with van der Waals surface area (Å²) in [5, 5.41) is 16.6. The molecule has 0 aromatic rings. The van der Waals surface area contributed by atoms with Gasteiger partial charge in [-0.15, -0.1) is 0 Å². The number of fused-ring (bicyclic) bond motifs is 4. The summed E-state index contributed by atoms with van der Waals surface area (Å²) in [5.74, 6) is -4.55. The fourth-order valence-electron chi connectivity index (χ4n) is 9.52. The molecule has 6 saturated heterocycles. The van der Waals surface area contributed by atoms with Gasteiger partial charge in [0.05, 0.1) is 12.8 Å². The predicted molar refractivity (Wildman–Crippen MR) is 237 cm³/mol. The Hall–Kier alpha value is -4.60. The third-order valence-corrected chi connectivity index (χ3v) is 15.4. The van der Waals surface area contributed by atoms with E-state index in [0.29, 0.717) is 89.1 Å². The van der Waals surface area contributed by atoms with Crippen molar-refractivity contribution in [3.8, 4) is 0 Å². The Balaban J connectivity index is 1.00. The van der Waals surface area contributed by atoms with Crippen molar-refractivity contribution in [3.05, 3.63) is 0 Å². The molecule has 354 valence electrons. The maximum Gasteiger partial charge on any atom is 0.246 e. The molecular weight excluding hydrogens is 869 g/mol. The van der Waals surface area contributed by atoms with Crippen molar-refractivity contribution < 1.29 is 47.9 Å². The highest BCUT2D eigenvalue weighted by Gasteiger charge is 2.46. The van der Waals surface area contributed by atoms with Crippen LogP contribution in [0, 0.1) is 11.8 Å². The fraction of sp³-hybridized carbons (Fsp3) is 0.762. The highest BCUT2D eigenvalue weighted by Crippen LogP contribution is 2.28. The van der Waals surface area contributed by atoms with Crippen LogP contribution in [0.1, 0.15) is 91.9 Å². The highest BCUT2D eigenvalue weighted by atomic mass is 33.1. The van der Waals surface area contributed by atoms with E-state index in [2.05, 4.69) is 31.9 Å². The Morgan fingerprint density at radius 3 is 1.22 bits per heavy atom. The molecular formula is C42H64N10O10S2.